The monoisotopic (exact) mass is 477 g/mol. The molecule has 1 aromatic carbocycles. The smallest absolute Gasteiger partial charge is 0.260 e. The van der Waals surface area contributed by atoms with Crippen LogP contribution in [0.5, 0.6) is 17.4 Å². The fraction of sp³-hybridized carbons (Fsp3) is 0.462. The minimum absolute atomic E-state index is 0.0246. The van der Waals surface area contributed by atoms with Crippen molar-refractivity contribution >= 4 is 5.82 Å². The Balaban J connectivity index is 1.23. The standard InChI is InChI=1S/C26H28FN5O3/c1-25-6-7-26(2,13-25)22(27)18(10-25)32(3)21-12-28-23(31-30-21)17-5-4-15(8-19(17)33)16-9-20-24(29-11-16)35-14-34-20/h4-5,8-9,11-12,18,22,33H,6-7,10,13-14H2,1-3H3/t18-,22-,25-,26-/m0/s1. The summed E-state index contributed by atoms with van der Waals surface area (Å²) in [5.74, 6) is 1.88. The summed E-state index contributed by atoms with van der Waals surface area (Å²) in [5, 5.41) is 19.3. The second-order valence-electron chi connectivity index (χ2n) is 10.7. The summed E-state index contributed by atoms with van der Waals surface area (Å²) in [6.45, 7) is 4.49. The summed E-state index contributed by atoms with van der Waals surface area (Å²) in [5.41, 5.74) is 1.90. The van der Waals surface area contributed by atoms with Crippen molar-refractivity contribution in [3.8, 4) is 39.9 Å². The van der Waals surface area contributed by atoms with E-state index >= 15 is 4.39 Å². The van der Waals surface area contributed by atoms with Gasteiger partial charge in [-0.3, -0.25) is 0 Å². The molecule has 3 heterocycles. The first kappa shape index (κ1) is 22.0. The average molecular weight is 478 g/mol. The van der Waals surface area contributed by atoms with Gasteiger partial charge in [-0.25, -0.2) is 14.4 Å². The Morgan fingerprint density at radius 1 is 1.06 bits per heavy atom. The molecule has 35 heavy (non-hydrogen) atoms. The van der Waals surface area contributed by atoms with Gasteiger partial charge in [0.2, 0.25) is 6.79 Å². The van der Waals surface area contributed by atoms with Gasteiger partial charge in [-0.2, -0.15) is 0 Å². The van der Waals surface area contributed by atoms with Gasteiger partial charge in [0.05, 0.1) is 17.8 Å². The van der Waals surface area contributed by atoms with Gasteiger partial charge in [-0.05, 0) is 54.9 Å². The molecule has 1 N–H and O–H groups in total. The van der Waals surface area contributed by atoms with Crippen molar-refractivity contribution in [2.75, 3.05) is 18.7 Å². The van der Waals surface area contributed by atoms with E-state index in [4.69, 9.17) is 9.47 Å². The van der Waals surface area contributed by atoms with E-state index in [-0.39, 0.29) is 29.4 Å². The van der Waals surface area contributed by atoms with Crippen LogP contribution in [-0.4, -0.2) is 51.3 Å². The summed E-state index contributed by atoms with van der Waals surface area (Å²) >= 11 is 0. The lowest BCUT2D eigenvalue weighted by molar-refractivity contribution is 0.0380. The number of hydrogen-bond donors (Lipinski definition) is 1. The van der Waals surface area contributed by atoms with Crippen molar-refractivity contribution in [1.29, 1.82) is 0 Å². The first-order valence-corrected chi connectivity index (χ1v) is 11.9. The number of phenols is 1. The van der Waals surface area contributed by atoms with E-state index in [1.165, 1.54) is 0 Å². The van der Waals surface area contributed by atoms with Gasteiger partial charge in [0.15, 0.2) is 17.4 Å². The minimum atomic E-state index is -0.924. The van der Waals surface area contributed by atoms with Gasteiger partial charge in [-0.15, -0.1) is 10.2 Å². The second kappa shape index (κ2) is 7.76. The number of fused-ring (bicyclic) bond motifs is 3. The number of pyridine rings is 1. The molecule has 8 nitrogen and oxygen atoms in total. The molecule has 9 heteroatoms. The first-order valence-electron chi connectivity index (χ1n) is 11.9. The van der Waals surface area contributed by atoms with Crippen LogP contribution in [0.2, 0.25) is 0 Å². The largest absolute Gasteiger partial charge is 0.507 e. The molecule has 2 bridgehead atoms. The van der Waals surface area contributed by atoms with Crippen LogP contribution < -0.4 is 14.4 Å². The van der Waals surface area contributed by atoms with E-state index in [0.717, 1.165) is 36.8 Å². The zero-order valence-corrected chi connectivity index (χ0v) is 20.0. The molecule has 3 aliphatic rings. The summed E-state index contributed by atoms with van der Waals surface area (Å²) in [6, 6.07) is 6.79. The summed E-state index contributed by atoms with van der Waals surface area (Å²) in [6.07, 6.45) is 6.07. The van der Waals surface area contributed by atoms with Gasteiger partial charge < -0.3 is 19.5 Å². The van der Waals surface area contributed by atoms with Crippen molar-refractivity contribution in [1.82, 2.24) is 20.2 Å². The van der Waals surface area contributed by atoms with Gasteiger partial charge in [0.25, 0.3) is 5.88 Å². The third-order valence-corrected chi connectivity index (χ3v) is 8.04. The Morgan fingerprint density at radius 3 is 2.69 bits per heavy atom. The number of halogens is 1. The average Bonchev–Trinajstić information content (AvgIpc) is 3.43. The fourth-order valence-electron chi connectivity index (χ4n) is 6.13. The maximum Gasteiger partial charge on any atom is 0.260 e. The van der Waals surface area contributed by atoms with Crippen LogP contribution in [0, 0.1) is 10.8 Å². The molecule has 0 unspecified atom stereocenters. The fourth-order valence-corrected chi connectivity index (χ4v) is 6.13. The Labute approximate surface area is 203 Å². The van der Waals surface area contributed by atoms with Gasteiger partial charge in [0, 0.05) is 24.2 Å². The van der Waals surface area contributed by atoms with Crippen molar-refractivity contribution < 1.29 is 19.0 Å². The number of rotatable bonds is 4. The molecule has 6 rings (SSSR count). The molecule has 1 aliphatic heterocycles. The van der Waals surface area contributed by atoms with Gasteiger partial charge in [0.1, 0.15) is 11.9 Å². The quantitative estimate of drug-likeness (QED) is 0.574. The second-order valence-corrected chi connectivity index (χ2v) is 10.7. The molecular formula is C26H28FN5O3. The lowest BCUT2D eigenvalue weighted by Crippen LogP contribution is -2.52. The van der Waals surface area contributed by atoms with E-state index in [1.54, 1.807) is 24.5 Å². The van der Waals surface area contributed by atoms with Crippen molar-refractivity contribution in [2.45, 2.75) is 51.7 Å². The van der Waals surface area contributed by atoms with E-state index in [9.17, 15) is 5.11 Å². The topological polar surface area (TPSA) is 93.5 Å². The van der Waals surface area contributed by atoms with Crippen LogP contribution in [0.1, 0.15) is 39.5 Å². The normalized spacial score (nSPS) is 28.8. The highest BCUT2D eigenvalue weighted by atomic mass is 19.1. The summed E-state index contributed by atoms with van der Waals surface area (Å²) in [7, 11) is 1.87. The number of phenolic OH excluding ortho intramolecular Hbond substituents is 1. The molecule has 0 saturated heterocycles. The Morgan fingerprint density at radius 2 is 1.91 bits per heavy atom. The van der Waals surface area contributed by atoms with E-state index in [0.29, 0.717) is 28.8 Å². The molecule has 0 amide bonds. The van der Waals surface area contributed by atoms with E-state index in [1.807, 2.05) is 24.1 Å². The first-order chi connectivity index (χ1) is 16.7. The highest BCUT2D eigenvalue weighted by Crippen LogP contribution is 2.59. The van der Waals surface area contributed by atoms with Crippen molar-refractivity contribution in [3.05, 3.63) is 36.7 Å². The number of aromatic nitrogens is 4. The lowest BCUT2D eigenvalue weighted by Gasteiger charge is -2.46. The molecule has 2 aliphatic carbocycles. The zero-order chi connectivity index (χ0) is 24.4. The number of hydrogen-bond acceptors (Lipinski definition) is 8. The number of anilines is 1. The van der Waals surface area contributed by atoms with Gasteiger partial charge >= 0.3 is 0 Å². The molecule has 2 saturated carbocycles. The van der Waals surface area contributed by atoms with Crippen LogP contribution in [-0.2, 0) is 0 Å². The molecule has 4 atom stereocenters. The SMILES string of the molecule is CN(c1cnc(-c2ccc(-c3cnc4c(c3)OCO4)cc2O)nn1)[C@H]1C[C@]2(C)CC[C@@](C)(C2)[C@H]1F. The molecular weight excluding hydrogens is 449 g/mol. The molecule has 3 aromatic rings. The van der Waals surface area contributed by atoms with Crippen LogP contribution in [0.15, 0.2) is 36.7 Å². The predicted octanol–water partition coefficient (Wildman–Crippen LogP) is 4.78. The summed E-state index contributed by atoms with van der Waals surface area (Å²) < 4.78 is 26.2. The number of alkyl halides is 1. The van der Waals surface area contributed by atoms with Crippen molar-refractivity contribution in [2.24, 2.45) is 10.8 Å². The maximum atomic E-state index is 15.5. The lowest BCUT2D eigenvalue weighted by atomic mass is 9.67. The Bertz CT molecular complexity index is 1290. The number of aromatic hydroxyl groups is 1. The third-order valence-electron chi connectivity index (χ3n) is 8.04. The minimum Gasteiger partial charge on any atom is -0.507 e. The van der Waals surface area contributed by atoms with Crippen LogP contribution in [0.25, 0.3) is 22.5 Å². The maximum absolute atomic E-state index is 15.5. The van der Waals surface area contributed by atoms with E-state index in [2.05, 4.69) is 34.0 Å². The highest BCUT2D eigenvalue weighted by molar-refractivity contribution is 5.73. The Hall–Kier alpha value is -3.49. The van der Waals surface area contributed by atoms with E-state index < -0.39 is 6.17 Å². The zero-order valence-electron chi connectivity index (χ0n) is 20.0. The Kier molecular flexibility index (Phi) is 4.88. The number of benzene rings is 1. The number of ether oxygens (including phenoxy) is 2. The van der Waals surface area contributed by atoms with Crippen LogP contribution >= 0.6 is 0 Å². The van der Waals surface area contributed by atoms with Crippen LogP contribution in [0.3, 0.4) is 0 Å². The molecule has 2 aromatic heterocycles. The third kappa shape index (κ3) is 3.64. The predicted molar refractivity (Wildman–Crippen MR) is 128 cm³/mol. The number of nitrogens with zero attached hydrogens (tertiary/aromatic N) is 5. The molecule has 0 spiro atoms. The molecule has 0 radical (unpaired) electrons. The highest BCUT2D eigenvalue weighted by Gasteiger charge is 2.56. The van der Waals surface area contributed by atoms with Crippen molar-refractivity contribution in [3.63, 3.8) is 0 Å². The summed E-state index contributed by atoms with van der Waals surface area (Å²) in [4.78, 5) is 10.6. The molecule has 182 valence electrons. The van der Waals surface area contributed by atoms with Crippen LogP contribution in [0.4, 0.5) is 10.2 Å². The molecule has 2 fully saturated rings. The van der Waals surface area contributed by atoms with Gasteiger partial charge in [-0.1, -0.05) is 19.9 Å².